The lowest BCUT2D eigenvalue weighted by Gasteiger charge is -2.48. The van der Waals surface area contributed by atoms with Gasteiger partial charge in [-0.2, -0.15) is 0 Å². The number of carbonyl (C=O) groups is 2. The molecule has 260 valence electrons. The minimum absolute atomic E-state index is 0.0434. The van der Waals surface area contributed by atoms with Gasteiger partial charge in [-0.1, -0.05) is 30.7 Å². The predicted molar refractivity (Wildman–Crippen MR) is 188 cm³/mol. The molecule has 9 nitrogen and oxygen atoms in total. The van der Waals surface area contributed by atoms with Crippen LogP contribution in [0.1, 0.15) is 73.9 Å². The number of sulfonamides is 1. The molecule has 0 radical (unpaired) electrons. The summed E-state index contributed by atoms with van der Waals surface area (Å²) in [6.07, 6.45) is 11.0. The van der Waals surface area contributed by atoms with Crippen molar-refractivity contribution in [2.45, 2.75) is 75.1 Å². The number of hydrogen-bond acceptors (Lipinski definition) is 8. The van der Waals surface area contributed by atoms with Gasteiger partial charge in [-0.15, -0.1) is 0 Å². The third kappa shape index (κ3) is 6.78. The van der Waals surface area contributed by atoms with Crippen molar-refractivity contribution in [2.24, 2.45) is 17.8 Å². The van der Waals surface area contributed by atoms with Crippen LogP contribution in [-0.2, 0) is 31.4 Å². The van der Waals surface area contributed by atoms with E-state index in [9.17, 15) is 18.0 Å². The molecular formula is C37H48ClN3O6S. The summed E-state index contributed by atoms with van der Waals surface area (Å²) in [4.78, 5) is 28.4. The van der Waals surface area contributed by atoms with Crippen LogP contribution in [0.25, 0.3) is 0 Å². The maximum Gasteiger partial charge on any atom is 0.264 e. The zero-order valence-corrected chi connectivity index (χ0v) is 29.7. The number of hydrogen-bond donors (Lipinski definition) is 2. The first-order chi connectivity index (χ1) is 23.0. The fourth-order valence-electron chi connectivity index (χ4n) is 7.86. The van der Waals surface area contributed by atoms with Crippen LogP contribution in [0.5, 0.6) is 5.75 Å². The van der Waals surface area contributed by atoms with Gasteiger partial charge in [0, 0.05) is 42.1 Å². The molecule has 5 aliphatic rings. The molecule has 2 bridgehead atoms. The second-order valence-corrected chi connectivity index (χ2v) is 16.8. The summed E-state index contributed by atoms with van der Waals surface area (Å²) >= 11 is 6.40. The van der Waals surface area contributed by atoms with Gasteiger partial charge >= 0.3 is 0 Å². The van der Waals surface area contributed by atoms with E-state index in [0.29, 0.717) is 36.9 Å². The number of halogens is 1. The lowest BCUT2D eigenvalue weighted by atomic mass is 9.64. The Balaban J connectivity index is 0.000000934. The number of methoxy groups -OCH3 is 1. The van der Waals surface area contributed by atoms with Gasteiger partial charge in [0.25, 0.3) is 5.91 Å². The molecular weight excluding hydrogens is 650 g/mol. The monoisotopic (exact) mass is 697 g/mol. The summed E-state index contributed by atoms with van der Waals surface area (Å²) in [7, 11) is -2.41. The van der Waals surface area contributed by atoms with Crippen molar-refractivity contribution >= 4 is 39.5 Å². The Kier molecular flexibility index (Phi) is 10.3. The molecule has 3 heterocycles. The standard InChI is InChI=1S/C34H41ClN2O6S.C3H7N/c1-22-6-4-15-34(20-38,42-3)29-11-8-26(29)18-37-19-33(14-5-7-24-16-27(35)10-12-28(24)33)21-43-31-13-9-25(17-30(31)37)32(39)36-44(40,41)23(22)2;1-2-4-3-1/h4,9-10,12-13,15-17,20,22-23,26,29H,5-8,11,14,18-19,21H2,1-3H3,(H,36,39);4H,1-3H2/b15-4+;/t22-,23+,26-,29+,33-,34-;/m0./s1. The number of anilines is 1. The summed E-state index contributed by atoms with van der Waals surface area (Å²) < 4.78 is 41.3. The Labute approximate surface area is 289 Å². The van der Waals surface area contributed by atoms with Crippen LogP contribution in [0.3, 0.4) is 0 Å². The average molecular weight is 698 g/mol. The molecule has 2 aromatic carbocycles. The van der Waals surface area contributed by atoms with E-state index in [1.807, 2.05) is 25.1 Å². The van der Waals surface area contributed by atoms with Crippen LogP contribution in [0.4, 0.5) is 5.69 Å². The SMILES string of the molecule is C1CNC1.CO[C@]1(C=O)/C=C/C[C@H](C)[C@@H](C)S(=O)(=O)NC(=O)c2ccc3c(c2)N(C[C@@H]2CC[C@H]21)C[C@@]1(CCCc2cc(Cl)ccc21)CO3. The first kappa shape index (κ1) is 34.9. The van der Waals surface area contributed by atoms with Crippen molar-refractivity contribution < 1.29 is 27.5 Å². The zero-order valence-electron chi connectivity index (χ0n) is 28.2. The highest BCUT2D eigenvalue weighted by atomic mass is 35.5. The van der Waals surface area contributed by atoms with E-state index in [-0.39, 0.29) is 28.7 Å². The van der Waals surface area contributed by atoms with E-state index in [1.54, 1.807) is 32.2 Å². The molecule has 11 heteroatoms. The topological polar surface area (TPSA) is 114 Å². The zero-order chi connectivity index (χ0) is 34.1. The van der Waals surface area contributed by atoms with E-state index >= 15 is 0 Å². The van der Waals surface area contributed by atoms with E-state index in [0.717, 1.165) is 44.1 Å². The van der Waals surface area contributed by atoms with Gasteiger partial charge in [-0.05, 0) is 124 Å². The second-order valence-electron chi connectivity index (χ2n) is 14.3. The van der Waals surface area contributed by atoms with Gasteiger partial charge in [0.15, 0.2) is 6.29 Å². The molecule has 7 rings (SSSR count). The predicted octanol–water partition coefficient (Wildman–Crippen LogP) is 5.45. The normalized spacial score (nSPS) is 33.1. The van der Waals surface area contributed by atoms with Crippen molar-refractivity contribution in [3.8, 4) is 5.75 Å². The van der Waals surface area contributed by atoms with Crippen LogP contribution >= 0.6 is 11.6 Å². The highest BCUT2D eigenvalue weighted by Crippen LogP contribution is 2.48. The molecule has 1 amide bonds. The largest absolute Gasteiger partial charge is 0.490 e. The molecule has 2 aliphatic carbocycles. The molecule has 0 unspecified atom stereocenters. The fraction of sp³-hybridized carbons (Fsp3) is 0.568. The second kappa shape index (κ2) is 14.1. The number of aldehydes is 1. The van der Waals surface area contributed by atoms with Crippen molar-refractivity contribution in [2.75, 3.05) is 44.8 Å². The first-order valence-electron chi connectivity index (χ1n) is 17.3. The van der Waals surface area contributed by atoms with E-state index < -0.39 is 26.8 Å². The molecule has 0 aromatic heterocycles. The van der Waals surface area contributed by atoms with Gasteiger partial charge in [-0.25, -0.2) is 13.1 Å². The summed E-state index contributed by atoms with van der Waals surface area (Å²) in [6.45, 7) is 7.67. The van der Waals surface area contributed by atoms with Crippen molar-refractivity contribution in [3.63, 3.8) is 0 Å². The van der Waals surface area contributed by atoms with Crippen LogP contribution in [-0.4, -0.2) is 71.4 Å². The number of allylic oxidation sites excluding steroid dienone is 1. The van der Waals surface area contributed by atoms with Gasteiger partial charge in [0.2, 0.25) is 10.0 Å². The van der Waals surface area contributed by atoms with Gasteiger partial charge in [0.05, 0.1) is 17.5 Å². The quantitative estimate of drug-likeness (QED) is 0.315. The molecule has 2 fully saturated rings. The Morgan fingerprint density at radius 2 is 1.88 bits per heavy atom. The molecule has 2 aromatic rings. The number of benzene rings is 2. The number of carbonyl (C=O) groups excluding carboxylic acids is 2. The number of ether oxygens (including phenoxy) is 2. The maximum atomic E-state index is 13.4. The molecule has 2 N–H and O–H groups in total. The van der Waals surface area contributed by atoms with E-state index in [1.165, 1.54) is 30.6 Å². The molecule has 48 heavy (non-hydrogen) atoms. The highest BCUT2D eigenvalue weighted by Gasteiger charge is 2.49. The van der Waals surface area contributed by atoms with Crippen molar-refractivity contribution in [1.29, 1.82) is 0 Å². The highest BCUT2D eigenvalue weighted by molar-refractivity contribution is 7.90. The fourth-order valence-corrected chi connectivity index (χ4v) is 9.34. The average Bonchev–Trinajstić information content (AvgIpc) is 3.17. The lowest BCUT2D eigenvalue weighted by Crippen LogP contribution is -2.53. The third-order valence-corrected chi connectivity index (χ3v) is 13.6. The molecule has 3 aliphatic heterocycles. The minimum Gasteiger partial charge on any atom is -0.490 e. The van der Waals surface area contributed by atoms with Crippen LogP contribution in [0, 0.1) is 17.8 Å². The third-order valence-electron chi connectivity index (χ3n) is 11.4. The van der Waals surface area contributed by atoms with Crippen LogP contribution < -0.4 is 19.7 Å². The Bertz CT molecular complexity index is 1660. The smallest absolute Gasteiger partial charge is 0.264 e. The first-order valence-corrected chi connectivity index (χ1v) is 19.2. The van der Waals surface area contributed by atoms with Crippen molar-refractivity contribution in [1.82, 2.24) is 10.0 Å². The number of nitrogens with one attached hydrogen (secondary N) is 2. The van der Waals surface area contributed by atoms with Crippen molar-refractivity contribution in [3.05, 3.63) is 70.3 Å². The van der Waals surface area contributed by atoms with Crippen LogP contribution in [0.15, 0.2) is 48.6 Å². The maximum absolute atomic E-state index is 13.4. The van der Waals surface area contributed by atoms with E-state index in [2.05, 4.69) is 27.1 Å². The minimum atomic E-state index is -3.97. The lowest BCUT2D eigenvalue weighted by molar-refractivity contribution is -0.135. The Morgan fingerprint density at radius 1 is 1.10 bits per heavy atom. The summed E-state index contributed by atoms with van der Waals surface area (Å²) in [5.74, 6) is -0.203. The van der Waals surface area contributed by atoms with E-state index in [4.69, 9.17) is 21.1 Å². The molecule has 1 spiro atoms. The number of rotatable bonds is 2. The molecule has 1 saturated carbocycles. The van der Waals surface area contributed by atoms with Crippen LogP contribution in [0.2, 0.25) is 5.02 Å². The number of aryl methyl sites for hydroxylation is 1. The number of nitrogens with zero attached hydrogens (tertiary/aromatic N) is 1. The summed E-state index contributed by atoms with van der Waals surface area (Å²) in [5.41, 5.74) is 2.05. The number of amides is 1. The Morgan fingerprint density at radius 3 is 2.54 bits per heavy atom. The summed E-state index contributed by atoms with van der Waals surface area (Å²) in [5, 5.41) is 2.99. The molecule has 1 saturated heterocycles. The Hall–Kier alpha value is -2.92. The molecule has 6 atom stereocenters. The van der Waals surface area contributed by atoms with Gasteiger partial charge < -0.3 is 19.7 Å². The number of fused-ring (bicyclic) bond motifs is 4. The summed E-state index contributed by atoms with van der Waals surface area (Å²) in [6, 6.07) is 11.3. The van der Waals surface area contributed by atoms with Gasteiger partial charge in [-0.3, -0.25) is 9.59 Å². The van der Waals surface area contributed by atoms with Gasteiger partial charge in [0.1, 0.15) is 11.4 Å².